The SMILES string of the molecule is COc1cc(C=NN2C(=O)CSC2=S)ccc1OCc1ccc(Cl)cc1. The summed E-state index contributed by atoms with van der Waals surface area (Å²) in [7, 11) is 1.57. The standard InChI is InChI=1S/C18H15ClN2O3S2/c1-23-16-8-13(9-20-21-17(22)11-26-18(21)25)4-7-15(16)24-10-12-2-5-14(19)6-3-12/h2-9H,10-11H2,1H3. The summed E-state index contributed by atoms with van der Waals surface area (Å²) in [6.07, 6.45) is 1.57. The molecule has 5 nitrogen and oxygen atoms in total. The number of hydrogen-bond donors (Lipinski definition) is 0. The van der Waals surface area contributed by atoms with Gasteiger partial charge in [0, 0.05) is 5.02 Å². The second kappa shape index (κ2) is 8.53. The molecule has 2 aromatic rings. The highest BCUT2D eigenvalue weighted by atomic mass is 35.5. The van der Waals surface area contributed by atoms with Gasteiger partial charge in [-0.05, 0) is 41.5 Å². The third-order valence-electron chi connectivity index (χ3n) is 3.55. The van der Waals surface area contributed by atoms with Gasteiger partial charge < -0.3 is 9.47 Å². The van der Waals surface area contributed by atoms with Gasteiger partial charge in [0.05, 0.1) is 19.1 Å². The van der Waals surface area contributed by atoms with Crippen LogP contribution in [0.3, 0.4) is 0 Å². The van der Waals surface area contributed by atoms with Crippen LogP contribution in [0.1, 0.15) is 11.1 Å². The van der Waals surface area contributed by atoms with Crippen LogP contribution in [0.25, 0.3) is 0 Å². The van der Waals surface area contributed by atoms with E-state index in [4.69, 9.17) is 33.3 Å². The van der Waals surface area contributed by atoms with Crippen molar-refractivity contribution in [1.29, 1.82) is 0 Å². The van der Waals surface area contributed by atoms with E-state index in [1.807, 2.05) is 30.3 Å². The average Bonchev–Trinajstić information content (AvgIpc) is 2.97. The number of amides is 1. The van der Waals surface area contributed by atoms with Crippen molar-refractivity contribution in [3.8, 4) is 11.5 Å². The number of hydrazone groups is 1. The monoisotopic (exact) mass is 406 g/mol. The van der Waals surface area contributed by atoms with Crippen molar-refractivity contribution in [3.05, 3.63) is 58.6 Å². The van der Waals surface area contributed by atoms with Crippen molar-refractivity contribution in [2.24, 2.45) is 5.10 Å². The number of rotatable bonds is 6. The number of methoxy groups -OCH3 is 1. The number of carbonyl (C=O) groups excluding carboxylic acids is 1. The number of thioether (sulfide) groups is 1. The molecule has 3 rings (SSSR count). The van der Waals surface area contributed by atoms with E-state index >= 15 is 0 Å². The maximum atomic E-state index is 11.7. The van der Waals surface area contributed by atoms with Gasteiger partial charge in [-0.15, -0.1) is 0 Å². The Labute approximate surface area is 165 Å². The van der Waals surface area contributed by atoms with Crippen LogP contribution < -0.4 is 9.47 Å². The molecule has 0 N–H and O–H groups in total. The summed E-state index contributed by atoms with van der Waals surface area (Å²) < 4.78 is 11.7. The molecule has 134 valence electrons. The van der Waals surface area contributed by atoms with E-state index in [9.17, 15) is 4.79 Å². The summed E-state index contributed by atoms with van der Waals surface area (Å²) in [4.78, 5) is 11.7. The molecule has 0 unspecified atom stereocenters. The third-order valence-corrected chi connectivity index (χ3v) is 5.14. The van der Waals surface area contributed by atoms with Gasteiger partial charge in [-0.1, -0.05) is 47.7 Å². The van der Waals surface area contributed by atoms with Crippen LogP contribution in [-0.2, 0) is 11.4 Å². The van der Waals surface area contributed by atoms with Crippen molar-refractivity contribution < 1.29 is 14.3 Å². The van der Waals surface area contributed by atoms with E-state index in [0.29, 0.717) is 33.2 Å². The lowest BCUT2D eigenvalue weighted by molar-refractivity contribution is -0.123. The predicted molar refractivity (Wildman–Crippen MR) is 108 cm³/mol. The predicted octanol–water partition coefficient (Wildman–Crippen LogP) is 4.12. The average molecular weight is 407 g/mol. The molecule has 2 aromatic carbocycles. The molecule has 0 aromatic heterocycles. The smallest absolute Gasteiger partial charge is 0.259 e. The molecule has 1 aliphatic heterocycles. The third kappa shape index (κ3) is 4.55. The highest BCUT2D eigenvalue weighted by molar-refractivity contribution is 8.23. The number of benzene rings is 2. The first-order chi connectivity index (χ1) is 12.6. The van der Waals surface area contributed by atoms with E-state index in [0.717, 1.165) is 11.1 Å². The lowest BCUT2D eigenvalue weighted by atomic mass is 10.2. The van der Waals surface area contributed by atoms with Gasteiger partial charge in [0.1, 0.15) is 6.61 Å². The zero-order valence-corrected chi connectivity index (χ0v) is 16.2. The lowest BCUT2D eigenvalue weighted by Crippen LogP contribution is -2.22. The van der Waals surface area contributed by atoms with Gasteiger partial charge in [-0.3, -0.25) is 4.79 Å². The zero-order chi connectivity index (χ0) is 18.5. The molecule has 0 radical (unpaired) electrons. The van der Waals surface area contributed by atoms with Crippen LogP contribution in [-0.4, -0.2) is 34.3 Å². The summed E-state index contributed by atoms with van der Waals surface area (Å²) in [5.41, 5.74) is 1.77. The van der Waals surface area contributed by atoms with Gasteiger partial charge in [-0.25, -0.2) is 0 Å². The Morgan fingerprint density at radius 1 is 1.27 bits per heavy atom. The highest BCUT2D eigenvalue weighted by Gasteiger charge is 2.25. The van der Waals surface area contributed by atoms with Crippen LogP contribution in [0.15, 0.2) is 47.6 Å². The fourth-order valence-electron chi connectivity index (χ4n) is 2.21. The van der Waals surface area contributed by atoms with E-state index in [-0.39, 0.29) is 5.91 Å². The zero-order valence-electron chi connectivity index (χ0n) is 13.8. The molecule has 1 aliphatic rings. The molecule has 8 heteroatoms. The van der Waals surface area contributed by atoms with Crippen molar-refractivity contribution in [2.75, 3.05) is 12.9 Å². The molecule has 26 heavy (non-hydrogen) atoms. The van der Waals surface area contributed by atoms with Crippen molar-refractivity contribution in [1.82, 2.24) is 5.01 Å². The van der Waals surface area contributed by atoms with E-state index in [2.05, 4.69) is 5.10 Å². The molecule has 0 spiro atoms. The first kappa shape index (κ1) is 18.7. The summed E-state index contributed by atoms with van der Waals surface area (Å²) in [5, 5.41) is 6.07. The minimum atomic E-state index is -0.119. The number of ether oxygens (including phenoxy) is 2. The summed E-state index contributed by atoms with van der Waals surface area (Å²) >= 11 is 12.3. The highest BCUT2D eigenvalue weighted by Crippen LogP contribution is 2.29. The Kier molecular flexibility index (Phi) is 6.13. The van der Waals surface area contributed by atoms with Gasteiger partial charge in [0.15, 0.2) is 15.8 Å². The normalized spacial score (nSPS) is 14.3. The molecule has 0 aliphatic carbocycles. The Morgan fingerprint density at radius 2 is 2.04 bits per heavy atom. The van der Waals surface area contributed by atoms with Gasteiger partial charge >= 0.3 is 0 Å². The lowest BCUT2D eigenvalue weighted by Gasteiger charge is -2.12. The Morgan fingerprint density at radius 3 is 2.69 bits per heavy atom. The number of nitrogens with zero attached hydrogens (tertiary/aromatic N) is 2. The molecule has 1 saturated heterocycles. The first-order valence-corrected chi connectivity index (χ1v) is 9.43. The van der Waals surface area contributed by atoms with Crippen LogP contribution >= 0.6 is 35.6 Å². The minimum Gasteiger partial charge on any atom is -0.493 e. The molecule has 1 amide bonds. The van der Waals surface area contributed by atoms with Crippen molar-refractivity contribution in [2.45, 2.75) is 6.61 Å². The van der Waals surface area contributed by atoms with Gasteiger partial charge in [-0.2, -0.15) is 10.1 Å². The number of halogens is 1. The van der Waals surface area contributed by atoms with E-state index in [1.165, 1.54) is 16.8 Å². The quantitative estimate of drug-likeness (QED) is 0.533. The maximum absolute atomic E-state index is 11.7. The molecule has 1 fully saturated rings. The summed E-state index contributed by atoms with van der Waals surface area (Å²) in [6, 6.07) is 12.9. The Hall–Kier alpha value is -2.09. The molecular weight excluding hydrogens is 392 g/mol. The molecule has 0 saturated carbocycles. The van der Waals surface area contributed by atoms with Gasteiger partial charge in [0.25, 0.3) is 5.91 Å². The second-order valence-corrected chi connectivity index (χ2v) is 7.38. The minimum absolute atomic E-state index is 0.119. The van der Waals surface area contributed by atoms with Crippen LogP contribution in [0.4, 0.5) is 0 Å². The Bertz CT molecular complexity index is 840. The van der Waals surface area contributed by atoms with Crippen LogP contribution in [0.5, 0.6) is 11.5 Å². The summed E-state index contributed by atoms with van der Waals surface area (Å²) in [5.74, 6) is 1.40. The van der Waals surface area contributed by atoms with Gasteiger partial charge in [0.2, 0.25) is 0 Å². The van der Waals surface area contributed by atoms with E-state index < -0.39 is 0 Å². The first-order valence-electron chi connectivity index (χ1n) is 7.66. The summed E-state index contributed by atoms with van der Waals surface area (Å²) in [6.45, 7) is 0.398. The van der Waals surface area contributed by atoms with Crippen LogP contribution in [0.2, 0.25) is 5.02 Å². The van der Waals surface area contributed by atoms with E-state index in [1.54, 1.807) is 25.5 Å². The topological polar surface area (TPSA) is 51.1 Å². The van der Waals surface area contributed by atoms with Crippen LogP contribution in [0, 0.1) is 0 Å². The fraction of sp³-hybridized carbons (Fsp3) is 0.167. The second-order valence-electron chi connectivity index (χ2n) is 5.33. The molecule has 0 atom stereocenters. The largest absolute Gasteiger partial charge is 0.493 e. The molecular formula is C18H15ClN2O3S2. The number of thiocarbonyl (C=S) groups is 1. The molecule has 0 bridgehead atoms. The number of carbonyl (C=O) groups is 1. The maximum Gasteiger partial charge on any atom is 0.259 e. The van der Waals surface area contributed by atoms with Crippen molar-refractivity contribution in [3.63, 3.8) is 0 Å². The van der Waals surface area contributed by atoms with Crippen molar-refractivity contribution >= 4 is 52.0 Å². The molecule has 1 heterocycles. The Balaban J connectivity index is 1.70. The number of hydrogen-bond acceptors (Lipinski definition) is 6. The fourth-order valence-corrected chi connectivity index (χ4v) is 3.30.